The van der Waals surface area contributed by atoms with Crippen molar-refractivity contribution in [1.82, 2.24) is 4.90 Å². The van der Waals surface area contributed by atoms with Crippen molar-refractivity contribution in [3.05, 3.63) is 82.6 Å². The molecule has 2 aromatic rings. The zero-order valence-corrected chi connectivity index (χ0v) is 16.9. The molecule has 0 N–H and O–H groups in total. The average molecular weight is 388 g/mol. The van der Waals surface area contributed by atoms with Crippen LogP contribution in [0.2, 0.25) is 0 Å². The Balaban J connectivity index is 2.02. The molecular formula is C24H24N2O3. The van der Waals surface area contributed by atoms with Crippen LogP contribution in [-0.2, 0) is 20.9 Å². The van der Waals surface area contributed by atoms with Gasteiger partial charge in [-0.1, -0.05) is 42.5 Å². The average Bonchev–Trinajstić information content (AvgIpc) is 2.70. The first-order valence-electron chi connectivity index (χ1n) is 9.66. The number of hydrogen-bond donors (Lipinski definition) is 0. The molecule has 1 amide bonds. The third kappa shape index (κ3) is 4.55. The lowest BCUT2D eigenvalue weighted by Gasteiger charge is -2.34. The van der Waals surface area contributed by atoms with Crippen LogP contribution in [0.25, 0.3) is 0 Å². The maximum absolute atomic E-state index is 13.0. The third-order valence-corrected chi connectivity index (χ3v) is 4.98. The summed E-state index contributed by atoms with van der Waals surface area (Å²) in [6.45, 7) is 5.72. The van der Waals surface area contributed by atoms with Crippen molar-refractivity contribution in [3.8, 4) is 6.07 Å². The maximum atomic E-state index is 13.0. The second-order valence-corrected chi connectivity index (χ2v) is 7.41. The van der Waals surface area contributed by atoms with Gasteiger partial charge in [0.2, 0.25) is 5.91 Å². The molecule has 1 aliphatic heterocycles. The van der Waals surface area contributed by atoms with Gasteiger partial charge in [-0.25, -0.2) is 4.79 Å². The molecule has 0 aliphatic carbocycles. The highest BCUT2D eigenvalue weighted by Gasteiger charge is 2.37. The molecule has 148 valence electrons. The van der Waals surface area contributed by atoms with Gasteiger partial charge >= 0.3 is 5.97 Å². The zero-order valence-electron chi connectivity index (χ0n) is 16.9. The number of nitriles is 1. The molecule has 1 heterocycles. The highest BCUT2D eigenvalue weighted by molar-refractivity contribution is 5.96. The molecule has 0 unspecified atom stereocenters. The molecule has 0 aromatic heterocycles. The molecule has 29 heavy (non-hydrogen) atoms. The summed E-state index contributed by atoms with van der Waals surface area (Å²) in [5.74, 6) is -0.786. The predicted molar refractivity (Wildman–Crippen MR) is 109 cm³/mol. The number of ether oxygens (including phenoxy) is 1. The largest absolute Gasteiger partial charge is 0.460 e. The van der Waals surface area contributed by atoms with Gasteiger partial charge in [-0.05, 0) is 44.0 Å². The van der Waals surface area contributed by atoms with Crippen LogP contribution in [0.15, 0.2) is 65.9 Å². The number of carbonyl (C=O) groups excluding carboxylic acids is 2. The molecule has 0 bridgehead atoms. The molecule has 1 aliphatic rings. The van der Waals surface area contributed by atoms with E-state index in [9.17, 15) is 9.59 Å². The number of allylic oxidation sites excluding steroid dienone is 1. The van der Waals surface area contributed by atoms with Gasteiger partial charge in [-0.3, -0.25) is 4.79 Å². The molecule has 0 spiro atoms. The number of rotatable bonds is 5. The van der Waals surface area contributed by atoms with Crippen molar-refractivity contribution in [2.24, 2.45) is 0 Å². The normalized spacial score (nSPS) is 16.7. The zero-order chi connectivity index (χ0) is 21.0. The fourth-order valence-corrected chi connectivity index (χ4v) is 3.64. The van der Waals surface area contributed by atoms with Crippen LogP contribution in [-0.4, -0.2) is 22.9 Å². The molecule has 2 aromatic carbocycles. The summed E-state index contributed by atoms with van der Waals surface area (Å²) in [4.78, 5) is 27.6. The van der Waals surface area contributed by atoms with Crippen LogP contribution in [0.3, 0.4) is 0 Å². The first-order valence-corrected chi connectivity index (χ1v) is 9.66. The Morgan fingerprint density at radius 2 is 1.93 bits per heavy atom. The van der Waals surface area contributed by atoms with Crippen molar-refractivity contribution >= 4 is 11.9 Å². The minimum absolute atomic E-state index is 0.0557. The molecular weight excluding hydrogens is 364 g/mol. The molecule has 5 nitrogen and oxygen atoms in total. The maximum Gasteiger partial charge on any atom is 0.336 e. The first-order chi connectivity index (χ1) is 13.9. The van der Waals surface area contributed by atoms with E-state index in [1.54, 1.807) is 30.0 Å². The second-order valence-electron chi connectivity index (χ2n) is 7.41. The van der Waals surface area contributed by atoms with E-state index >= 15 is 0 Å². The van der Waals surface area contributed by atoms with Crippen LogP contribution in [0.4, 0.5) is 0 Å². The lowest BCUT2D eigenvalue weighted by atomic mass is 9.83. The summed E-state index contributed by atoms with van der Waals surface area (Å²) in [7, 11) is 0. The monoisotopic (exact) mass is 388 g/mol. The Morgan fingerprint density at radius 3 is 2.59 bits per heavy atom. The number of esters is 1. The SMILES string of the molecule is CC1=C(C(=O)OC(C)C)[C@H](c2ccccc2)CC(=O)N1Cc1cccc(C#N)c1. The molecule has 0 fully saturated rings. The van der Waals surface area contributed by atoms with Gasteiger partial charge in [-0.15, -0.1) is 0 Å². The van der Waals surface area contributed by atoms with Crippen LogP contribution < -0.4 is 0 Å². The van der Waals surface area contributed by atoms with E-state index in [0.717, 1.165) is 11.1 Å². The van der Waals surface area contributed by atoms with E-state index < -0.39 is 5.97 Å². The first kappa shape index (κ1) is 20.3. The van der Waals surface area contributed by atoms with Crippen molar-refractivity contribution in [3.63, 3.8) is 0 Å². The van der Waals surface area contributed by atoms with E-state index in [0.29, 0.717) is 23.4 Å². The summed E-state index contributed by atoms with van der Waals surface area (Å²) < 4.78 is 5.50. The highest BCUT2D eigenvalue weighted by Crippen LogP contribution is 2.37. The van der Waals surface area contributed by atoms with Crippen molar-refractivity contribution < 1.29 is 14.3 Å². The second kappa shape index (κ2) is 8.74. The fraction of sp³-hybridized carbons (Fsp3) is 0.292. The lowest BCUT2D eigenvalue weighted by Crippen LogP contribution is -2.38. The predicted octanol–water partition coefficient (Wildman–Crippen LogP) is 4.30. The minimum atomic E-state index is -0.394. The summed E-state index contributed by atoms with van der Waals surface area (Å²) in [5.41, 5.74) is 3.41. The summed E-state index contributed by atoms with van der Waals surface area (Å²) in [6, 6.07) is 18.8. The van der Waals surface area contributed by atoms with Crippen LogP contribution in [0.1, 0.15) is 49.8 Å². The van der Waals surface area contributed by atoms with E-state index in [-0.39, 0.29) is 24.3 Å². The standard InChI is InChI=1S/C24H24N2O3/c1-16(2)29-24(28)23-17(3)26(15-19-9-7-8-18(12-19)14-25)22(27)13-21(23)20-10-5-4-6-11-20/h4-12,16,21H,13,15H2,1-3H3/t21-/m0/s1. The third-order valence-electron chi connectivity index (χ3n) is 4.98. The van der Waals surface area contributed by atoms with Crippen molar-refractivity contribution in [2.45, 2.75) is 45.8 Å². The number of nitrogens with zero attached hydrogens (tertiary/aromatic N) is 2. The van der Waals surface area contributed by atoms with Crippen molar-refractivity contribution in [2.75, 3.05) is 0 Å². The summed E-state index contributed by atoms with van der Waals surface area (Å²) in [6.07, 6.45) is -0.0560. The molecule has 0 radical (unpaired) electrons. The fourth-order valence-electron chi connectivity index (χ4n) is 3.64. The van der Waals surface area contributed by atoms with Gasteiger partial charge in [0, 0.05) is 18.0 Å². The van der Waals surface area contributed by atoms with Gasteiger partial charge in [0.05, 0.1) is 29.9 Å². The van der Waals surface area contributed by atoms with E-state index in [1.807, 2.05) is 50.2 Å². The molecule has 0 saturated heterocycles. The smallest absolute Gasteiger partial charge is 0.336 e. The van der Waals surface area contributed by atoms with Gasteiger partial charge in [0.15, 0.2) is 0 Å². The topological polar surface area (TPSA) is 70.4 Å². The van der Waals surface area contributed by atoms with Gasteiger partial charge < -0.3 is 9.64 Å². The Morgan fingerprint density at radius 1 is 1.21 bits per heavy atom. The molecule has 1 atom stereocenters. The Labute approximate surface area is 171 Å². The quantitative estimate of drug-likeness (QED) is 0.716. The minimum Gasteiger partial charge on any atom is -0.460 e. The van der Waals surface area contributed by atoms with Crippen molar-refractivity contribution in [1.29, 1.82) is 5.26 Å². The lowest BCUT2D eigenvalue weighted by molar-refractivity contribution is -0.143. The van der Waals surface area contributed by atoms with E-state index in [4.69, 9.17) is 10.00 Å². The highest BCUT2D eigenvalue weighted by atomic mass is 16.5. The van der Waals surface area contributed by atoms with Crippen LogP contribution >= 0.6 is 0 Å². The van der Waals surface area contributed by atoms with E-state index in [1.165, 1.54) is 0 Å². The molecule has 3 rings (SSSR count). The summed E-state index contributed by atoms with van der Waals surface area (Å²) in [5, 5.41) is 9.13. The van der Waals surface area contributed by atoms with Gasteiger partial charge in [-0.2, -0.15) is 5.26 Å². The molecule has 0 saturated carbocycles. The van der Waals surface area contributed by atoms with Crippen LogP contribution in [0.5, 0.6) is 0 Å². The number of hydrogen-bond acceptors (Lipinski definition) is 4. The number of amides is 1. The molecule has 5 heteroatoms. The summed E-state index contributed by atoms with van der Waals surface area (Å²) >= 11 is 0. The Kier molecular flexibility index (Phi) is 6.13. The Hall–Kier alpha value is -3.39. The van der Waals surface area contributed by atoms with Gasteiger partial charge in [0.25, 0.3) is 0 Å². The van der Waals surface area contributed by atoms with E-state index in [2.05, 4.69) is 6.07 Å². The number of benzene rings is 2. The van der Waals surface area contributed by atoms with Gasteiger partial charge in [0.1, 0.15) is 0 Å². The number of carbonyl (C=O) groups is 2. The van der Waals surface area contributed by atoms with Crippen LogP contribution in [0, 0.1) is 11.3 Å². The Bertz CT molecular complexity index is 987.